The number of anilines is 1. The van der Waals surface area contributed by atoms with Crippen molar-refractivity contribution in [2.75, 3.05) is 5.73 Å². The lowest BCUT2D eigenvalue weighted by Gasteiger charge is -2.11. The maximum absolute atomic E-state index is 13.5. The summed E-state index contributed by atoms with van der Waals surface area (Å²) >= 11 is 0. The predicted octanol–water partition coefficient (Wildman–Crippen LogP) is 3.54. The fraction of sp³-hybridized carbons (Fsp3) is 0.118. The van der Waals surface area contributed by atoms with Crippen LogP contribution in [-0.2, 0) is 0 Å². The van der Waals surface area contributed by atoms with Crippen LogP contribution in [0.15, 0.2) is 42.6 Å². The lowest BCUT2D eigenvalue weighted by Crippen LogP contribution is -1.99. The zero-order valence-corrected chi connectivity index (χ0v) is 12.3. The van der Waals surface area contributed by atoms with E-state index in [2.05, 4.69) is 15.0 Å². The molecule has 1 aromatic carbocycles. The molecule has 110 valence electrons. The molecule has 0 amide bonds. The Morgan fingerprint density at radius 1 is 0.955 bits per heavy atom. The van der Waals surface area contributed by atoms with E-state index in [1.807, 2.05) is 26.0 Å². The summed E-state index contributed by atoms with van der Waals surface area (Å²) in [4.78, 5) is 12.7. The molecule has 0 aliphatic heterocycles. The lowest BCUT2D eigenvalue weighted by molar-refractivity contribution is 0.628. The van der Waals surface area contributed by atoms with Gasteiger partial charge in [-0.3, -0.25) is 4.98 Å². The molecule has 3 aromatic rings. The van der Waals surface area contributed by atoms with Gasteiger partial charge in [-0.2, -0.15) is 0 Å². The highest BCUT2D eigenvalue weighted by molar-refractivity contribution is 5.81. The standard InChI is InChI=1S/C17H15FN4/c1-10-6-13(7-11(2)21-10)15-9-20-17(19)22-16(15)12-4-3-5-14(18)8-12/h3-9H,1-2H3,(H2,19,20,22). The van der Waals surface area contributed by atoms with Crippen LogP contribution in [-0.4, -0.2) is 15.0 Å². The van der Waals surface area contributed by atoms with Gasteiger partial charge in [0.05, 0.1) is 5.69 Å². The van der Waals surface area contributed by atoms with Crippen LogP contribution in [0.25, 0.3) is 22.4 Å². The van der Waals surface area contributed by atoms with Gasteiger partial charge in [-0.25, -0.2) is 14.4 Å². The number of nitrogens with zero attached hydrogens (tertiary/aromatic N) is 3. The summed E-state index contributed by atoms with van der Waals surface area (Å²) < 4.78 is 13.5. The first-order valence-corrected chi connectivity index (χ1v) is 6.87. The van der Waals surface area contributed by atoms with Crippen LogP contribution in [0.5, 0.6) is 0 Å². The summed E-state index contributed by atoms with van der Waals surface area (Å²) in [5, 5.41) is 0. The van der Waals surface area contributed by atoms with Crippen molar-refractivity contribution in [1.82, 2.24) is 15.0 Å². The number of hydrogen-bond donors (Lipinski definition) is 1. The molecule has 0 saturated heterocycles. The second kappa shape index (κ2) is 5.52. The van der Waals surface area contributed by atoms with Gasteiger partial charge in [0, 0.05) is 28.7 Å². The summed E-state index contributed by atoms with van der Waals surface area (Å²) in [5.74, 6) is -0.159. The molecule has 22 heavy (non-hydrogen) atoms. The zero-order chi connectivity index (χ0) is 15.7. The molecular formula is C17H15FN4. The maximum Gasteiger partial charge on any atom is 0.220 e. The molecule has 0 spiro atoms. The monoisotopic (exact) mass is 294 g/mol. The molecule has 2 N–H and O–H groups in total. The van der Waals surface area contributed by atoms with Crippen molar-refractivity contribution in [1.29, 1.82) is 0 Å². The van der Waals surface area contributed by atoms with Crippen LogP contribution in [0.1, 0.15) is 11.4 Å². The SMILES string of the molecule is Cc1cc(-c2cnc(N)nc2-c2cccc(F)c2)cc(C)n1. The van der Waals surface area contributed by atoms with Gasteiger partial charge in [0.2, 0.25) is 5.95 Å². The highest BCUT2D eigenvalue weighted by Crippen LogP contribution is 2.31. The Labute approximate surface area is 127 Å². The largest absolute Gasteiger partial charge is 0.368 e. The Bertz CT molecular complexity index is 826. The fourth-order valence-corrected chi connectivity index (χ4v) is 2.45. The number of pyridine rings is 1. The first-order valence-electron chi connectivity index (χ1n) is 6.87. The molecule has 0 unspecified atom stereocenters. The molecule has 2 aromatic heterocycles. The maximum atomic E-state index is 13.5. The van der Waals surface area contributed by atoms with Gasteiger partial charge in [0.15, 0.2) is 0 Å². The van der Waals surface area contributed by atoms with Crippen LogP contribution in [0, 0.1) is 19.7 Å². The predicted molar refractivity (Wildman–Crippen MR) is 84.5 cm³/mol. The smallest absolute Gasteiger partial charge is 0.220 e. The molecule has 4 nitrogen and oxygen atoms in total. The fourth-order valence-electron chi connectivity index (χ4n) is 2.45. The third kappa shape index (κ3) is 2.79. The number of aromatic nitrogens is 3. The zero-order valence-electron chi connectivity index (χ0n) is 12.3. The van der Waals surface area contributed by atoms with E-state index >= 15 is 0 Å². The first-order chi connectivity index (χ1) is 10.5. The molecule has 0 atom stereocenters. The van der Waals surface area contributed by atoms with Gasteiger partial charge < -0.3 is 5.73 Å². The highest BCUT2D eigenvalue weighted by Gasteiger charge is 2.12. The molecule has 0 saturated carbocycles. The lowest BCUT2D eigenvalue weighted by atomic mass is 10.0. The van der Waals surface area contributed by atoms with Crippen LogP contribution >= 0.6 is 0 Å². The van der Waals surface area contributed by atoms with E-state index < -0.39 is 0 Å². The number of benzene rings is 1. The van der Waals surface area contributed by atoms with Gasteiger partial charge in [-0.05, 0) is 43.7 Å². The van der Waals surface area contributed by atoms with Crippen molar-refractivity contribution >= 4 is 5.95 Å². The topological polar surface area (TPSA) is 64.7 Å². The van der Waals surface area contributed by atoms with Crippen molar-refractivity contribution in [3.05, 3.63) is 59.8 Å². The average molecular weight is 294 g/mol. The Kier molecular flexibility index (Phi) is 3.55. The quantitative estimate of drug-likeness (QED) is 0.785. The van der Waals surface area contributed by atoms with Crippen LogP contribution < -0.4 is 5.73 Å². The molecule has 0 aliphatic rings. The van der Waals surface area contributed by atoms with Gasteiger partial charge >= 0.3 is 0 Å². The minimum Gasteiger partial charge on any atom is -0.368 e. The Morgan fingerprint density at radius 3 is 2.36 bits per heavy atom. The van der Waals surface area contributed by atoms with Gasteiger partial charge in [0.25, 0.3) is 0 Å². The van der Waals surface area contributed by atoms with Crippen LogP contribution in [0.2, 0.25) is 0 Å². The summed E-state index contributed by atoms with van der Waals surface area (Å²) in [6, 6.07) is 10.2. The number of nitrogen functional groups attached to an aromatic ring is 1. The second-order valence-electron chi connectivity index (χ2n) is 5.14. The van der Waals surface area contributed by atoms with E-state index in [1.165, 1.54) is 12.1 Å². The van der Waals surface area contributed by atoms with Crippen molar-refractivity contribution in [2.45, 2.75) is 13.8 Å². The Hall–Kier alpha value is -2.82. The van der Waals surface area contributed by atoms with Gasteiger partial charge in [0.1, 0.15) is 5.82 Å². The molecule has 0 bridgehead atoms. The minimum atomic E-state index is -0.317. The third-order valence-corrected chi connectivity index (χ3v) is 3.30. The van der Waals surface area contributed by atoms with Crippen molar-refractivity contribution in [2.24, 2.45) is 0 Å². The molecule has 2 heterocycles. The average Bonchev–Trinajstić information content (AvgIpc) is 2.46. The summed E-state index contributed by atoms with van der Waals surface area (Å²) in [7, 11) is 0. The van der Waals surface area contributed by atoms with Gasteiger partial charge in [-0.1, -0.05) is 12.1 Å². The number of hydrogen-bond acceptors (Lipinski definition) is 4. The normalized spacial score (nSPS) is 10.7. The summed E-state index contributed by atoms with van der Waals surface area (Å²) in [6.45, 7) is 3.85. The first kappa shape index (κ1) is 14.1. The molecule has 5 heteroatoms. The van der Waals surface area contributed by atoms with E-state index in [0.29, 0.717) is 11.3 Å². The molecular weight excluding hydrogens is 279 g/mol. The number of nitrogens with two attached hydrogens (primary N) is 1. The van der Waals surface area contributed by atoms with Crippen LogP contribution in [0.4, 0.5) is 10.3 Å². The van der Waals surface area contributed by atoms with Crippen molar-refractivity contribution in [3.8, 4) is 22.4 Å². The molecule has 0 aliphatic carbocycles. The summed E-state index contributed by atoms with van der Waals surface area (Å²) in [5.41, 5.74) is 10.5. The Morgan fingerprint density at radius 2 is 1.68 bits per heavy atom. The van der Waals surface area contributed by atoms with E-state index in [4.69, 9.17) is 5.73 Å². The molecule has 0 radical (unpaired) electrons. The van der Waals surface area contributed by atoms with E-state index in [0.717, 1.165) is 22.5 Å². The van der Waals surface area contributed by atoms with Crippen molar-refractivity contribution < 1.29 is 4.39 Å². The van der Waals surface area contributed by atoms with Crippen molar-refractivity contribution in [3.63, 3.8) is 0 Å². The second-order valence-corrected chi connectivity index (χ2v) is 5.14. The summed E-state index contributed by atoms with van der Waals surface area (Å²) in [6.07, 6.45) is 1.66. The third-order valence-electron chi connectivity index (χ3n) is 3.30. The van der Waals surface area contributed by atoms with Gasteiger partial charge in [-0.15, -0.1) is 0 Å². The number of rotatable bonds is 2. The Balaban J connectivity index is 2.24. The van der Waals surface area contributed by atoms with E-state index in [1.54, 1.807) is 18.3 Å². The minimum absolute atomic E-state index is 0.158. The molecule has 0 fully saturated rings. The van der Waals surface area contributed by atoms with E-state index in [9.17, 15) is 4.39 Å². The van der Waals surface area contributed by atoms with E-state index in [-0.39, 0.29) is 11.8 Å². The highest BCUT2D eigenvalue weighted by atomic mass is 19.1. The number of halogens is 1. The molecule has 3 rings (SSSR count). The number of aryl methyl sites for hydroxylation is 2. The van der Waals surface area contributed by atoms with Crippen LogP contribution in [0.3, 0.4) is 0 Å².